The minimum atomic E-state index is 0.648. The zero-order valence-corrected chi connectivity index (χ0v) is 7.83. The molecule has 2 heterocycles. The molecule has 0 aromatic carbocycles. The highest BCUT2D eigenvalue weighted by Crippen LogP contribution is 2.49. The van der Waals surface area contributed by atoms with Crippen LogP contribution in [0.4, 0.5) is 0 Å². The van der Waals surface area contributed by atoms with E-state index in [2.05, 4.69) is 6.92 Å². The maximum atomic E-state index is 5.74. The van der Waals surface area contributed by atoms with Crippen LogP contribution >= 0.6 is 0 Å². The van der Waals surface area contributed by atoms with E-state index in [4.69, 9.17) is 4.74 Å². The maximum absolute atomic E-state index is 5.74. The van der Waals surface area contributed by atoms with Crippen molar-refractivity contribution >= 4 is 0 Å². The van der Waals surface area contributed by atoms with Crippen LogP contribution < -0.4 is 0 Å². The van der Waals surface area contributed by atoms with Crippen molar-refractivity contribution in [2.24, 2.45) is 17.8 Å². The van der Waals surface area contributed by atoms with Crippen LogP contribution in [0.15, 0.2) is 0 Å². The van der Waals surface area contributed by atoms with Crippen LogP contribution in [-0.2, 0) is 4.74 Å². The molecule has 0 amide bonds. The van der Waals surface area contributed by atoms with Gasteiger partial charge in [-0.1, -0.05) is 26.2 Å². The highest BCUT2D eigenvalue weighted by atomic mass is 16.5. The van der Waals surface area contributed by atoms with Crippen LogP contribution in [-0.4, -0.2) is 12.2 Å². The lowest BCUT2D eigenvalue weighted by atomic mass is 9.62. The lowest BCUT2D eigenvalue weighted by Crippen LogP contribution is -2.53. The van der Waals surface area contributed by atoms with Crippen molar-refractivity contribution < 1.29 is 4.74 Å². The molecule has 68 valence electrons. The second kappa shape index (κ2) is 2.47. The maximum Gasteiger partial charge on any atom is 0.0631 e. The van der Waals surface area contributed by atoms with Gasteiger partial charge in [0.2, 0.25) is 0 Å². The summed E-state index contributed by atoms with van der Waals surface area (Å²) in [6.07, 6.45) is 8.56. The standard InChI is InChI=1S/C11H18O/c1-7-10(8-3-2-4-8)5-9-6-11(7)12-9/h7-11H,2-6H2,1H3. The van der Waals surface area contributed by atoms with Crippen LogP contribution in [0.1, 0.15) is 39.0 Å². The van der Waals surface area contributed by atoms with E-state index >= 15 is 0 Å². The molecule has 0 N–H and O–H groups in total. The Balaban J connectivity index is 1.69. The van der Waals surface area contributed by atoms with Crippen LogP contribution in [0.25, 0.3) is 0 Å². The number of hydrogen-bond acceptors (Lipinski definition) is 1. The lowest BCUT2D eigenvalue weighted by Gasteiger charge is -2.53. The molecule has 0 aromatic rings. The van der Waals surface area contributed by atoms with Gasteiger partial charge >= 0.3 is 0 Å². The van der Waals surface area contributed by atoms with E-state index in [0.29, 0.717) is 12.2 Å². The van der Waals surface area contributed by atoms with Gasteiger partial charge in [-0.05, 0) is 24.2 Å². The molecule has 2 bridgehead atoms. The average molecular weight is 166 g/mol. The first-order valence-corrected chi connectivity index (χ1v) is 5.50. The number of rotatable bonds is 1. The summed E-state index contributed by atoms with van der Waals surface area (Å²) in [5, 5.41) is 0. The molecule has 4 aliphatic rings. The van der Waals surface area contributed by atoms with Crippen molar-refractivity contribution in [3.8, 4) is 0 Å². The van der Waals surface area contributed by atoms with Gasteiger partial charge in [0.25, 0.3) is 0 Å². The fourth-order valence-corrected chi connectivity index (χ4v) is 3.27. The zero-order valence-electron chi connectivity index (χ0n) is 7.83. The van der Waals surface area contributed by atoms with Crippen molar-refractivity contribution in [1.29, 1.82) is 0 Å². The Morgan fingerprint density at radius 3 is 2.42 bits per heavy atom. The monoisotopic (exact) mass is 166 g/mol. The minimum Gasteiger partial charge on any atom is -0.374 e. The molecule has 4 unspecified atom stereocenters. The Morgan fingerprint density at radius 2 is 1.92 bits per heavy atom. The molecular weight excluding hydrogens is 148 g/mol. The third-order valence-corrected chi connectivity index (χ3v) is 4.41. The molecule has 12 heavy (non-hydrogen) atoms. The lowest BCUT2D eigenvalue weighted by molar-refractivity contribution is -0.213. The summed E-state index contributed by atoms with van der Waals surface area (Å²) in [6, 6.07) is 0. The molecule has 0 aromatic heterocycles. The van der Waals surface area contributed by atoms with Crippen LogP contribution in [0.5, 0.6) is 0 Å². The Labute approximate surface area is 74.5 Å². The van der Waals surface area contributed by atoms with Gasteiger partial charge in [0.15, 0.2) is 0 Å². The molecule has 0 spiro atoms. The van der Waals surface area contributed by atoms with E-state index < -0.39 is 0 Å². The predicted molar refractivity (Wildman–Crippen MR) is 47.9 cm³/mol. The predicted octanol–water partition coefficient (Wildman–Crippen LogP) is 2.60. The van der Waals surface area contributed by atoms with E-state index in [-0.39, 0.29) is 0 Å². The summed E-state index contributed by atoms with van der Waals surface area (Å²) in [6.45, 7) is 2.41. The van der Waals surface area contributed by atoms with Crippen molar-refractivity contribution in [2.75, 3.05) is 0 Å². The normalized spacial score (nSPS) is 52.8. The largest absolute Gasteiger partial charge is 0.374 e. The molecule has 2 aliphatic carbocycles. The number of fused-ring (bicyclic) bond motifs is 2. The Kier molecular flexibility index (Phi) is 1.52. The summed E-state index contributed by atoms with van der Waals surface area (Å²) in [5.74, 6) is 2.96. The van der Waals surface area contributed by atoms with Crippen molar-refractivity contribution in [3.05, 3.63) is 0 Å². The van der Waals surface area contributed by atoms with Gasteiger partial charge in [-0.15, -0.1) is 0 Å². The van der Waals surface area contributed by atoms with Crippen LogP contribution in [0.2, 0.25) is 0 Å². The van der Waals surface area contributed by atoms with Crippen LogP contribution in [0, 0.1) is 17.8 Å². The number of hydrogen-bond donors (Lipinski definition) is 0. The third-order valence-electron chi connectivity index (χ3n) is 4.41. The third kappa shape index (κ3) is 0.891. The molecule has 1 nitrogen and oxygen atoms in total. The van der Waals surface area contributed by atoms with E-state index in [9.17, 15) is 0 Å². The SMILES string of the molecule is CC1C2CC(CC1C1CCC1)O2. The molecule has 2 saturated heterocycles. The Morgan fingerprint density at radius 1 is 1.17 bits per heavy atom. The van der Waals surface area contributed by atoms with Gasteiger partial charge in [-0.2, -0.15) is 0 Å². The Hall–Kier alpha value is -0.0400. The first kappa shape index (κ1) is 7.37. The van der Waals surface area contributed by atoms with Gasteiger partial charge in [0, 0.05) is 6.42 Å². The smallest absolute Gasteiger partial charge is 0.0631 e. The Bertz CT molecular complexity index is 179. The molecule has 2 saturated carbocycles. The summed E-state index contributed by atoms with van der Waals surface area (Å²) >= 11 is 0. The average Bonchev–Trinajstić information content (AvgIpc) is 1.85. The molecule has 1 heteroatoms. The van der Waals surface area contributed by atoms with E-state index in [1.807, 2.05) is 0 Å². The zero-order chi connectivity index (χ0) is 8.13. The summed E-state index contributed by atoms with van der Waals surface area (Å²) in [7, 11) is 0. The first-order chi connectivity index (χ1) is 5.84. The second-order valence-corrected chi connectivity index (χ2v) is 4.98. The highest BCUT2D eigenvalue weighted by Gasteiger charge is 2.47. The van der Waals surface area contributed by atoms with Gasteiger partial charge in [-0.25, -0.2) is 0 Å². The topological polar surface area (TPSA) is 9.23 Å². The van der Waals surface area contributed by atoms with E-state index in [0.717, 1.165) is 17.8 Å². The second-order valence-electron chi connectivity index (χ2n) is 4.98. The summed E-state index contributed by atoms with van der Waals surface area (Å²) in [4.78, 5) is 0. The van der Waals surface area contributed by atoms with E-state index in [1.165, 1.54) is 32.1 Å². The molecule has 4 rings (SSSR count). The van der Waals surface area contributed by atoms with Gasteiger partial charge < -0.3 is 4.74 Å². The van der Waals surface area contributed by atoms with Crippen LogP contribution in [0.3, 0.4) is 0 Å². The fourth-order valence-electron chi connectivity index (χ4n) is 3.27. The highest BCUT2D eigenvalue weighted by molar-refractivity contribution is 4.96. The fraction of sp³-hybridized carbons (Fsp3) is 1.00. The molecular formula is C11H18O. The van der Waals surface area contributed by atoms with Gasteiger partial charge in [0.05, 0.1) is 12.2 Å². The molecule has 4 atom stereocenters. The first-order valence-electron chi connectivity index (χ1n) is 5.50. The van der Waals surface area contributed by atoms with E-state index in [1.54, 1.807) is 0 Å². The van der Waals surface area contributed by atoms with Crippen molar-refractivity contribution in [1.82, 2.24) is 0 Å². The molecule has 2 aliphatic heterocycles. The quantitative estimate of drug-likeness (QED) is 0.582. The van der Waals surface area contributed by atoms with Gasteiger partial charge in [-0.3, -0.25) is 0 Å². The van der Waals surface area contributed by atoms with Crippen molar-refractivity contribution in [3.63, 3.8) is 0 Å². The minimum absolute atomic E-state index is 0.648. The number of ether oxygens (including phenoxy) is 1. The summed E-state index contributed by atoms with van der Waals surface area (Å²) in [5.41, 5.74) is 0. The van der Waals surface area contributed by atoms with Gasteiger partial charge in [0.1, 0.15) is 0 Å². The molecule has 0 radical (unpaired) electrons. The summed E-state index contributed by atoms with van der Waals surface area (Å²) < 4.78 is 5.74. The molecule has 4 fully saturated rings. The van der Waals surface area contributed by atoms with Crippen molar-refractivity contribution in [2.45, 2.75) is 51.2 Å².